The van der Waals surface area contributed by atoms with Crippen molar-refractivity contribution in [1.29, 1.82) is 5.26 Å². The van der Waals surface area contributed by atoms with Crippen molar-refractivity contribution in [3.8, 4) is 11.8 Å². The molecule has 0 saturated carbocycles. The summed E-state index contributed by atoms with van der Waals surface area (Å²) in [7, 11) is 1.95. The van der Waals surface area contributed by atoms with Crippen LogP contribution in [0.25, 0.3) is 10.9 Å². The van der Waals surface area contributed by atoms with E-state index in [0.717, 1.165) is 17.5 Å². The predicted molar refractivity (Wildman–Crippen MR) is 110 cm³/mol. The van der Waals surface area contributed by atoms with E-state index in [4.69, 9.17) is 5.26 Å². The van der Waals surface area contributed by atoms with E-state index in [1.54, 1.807) is 35.2 Å². The first kappa shape index (κ1) is 19.8. The molecule has 4 rings (SSSR count). The Labute approximate surface area is 173 Å². The molecule has 3 aromatic rings. The van der Waals surface area contributed by atoms with Gasteiger partial charge in [0.15, 0.2) is 0 Å². The number of phenols is 1. The average Bonchev–Trinajstić information content (AvgIpc) is 2.70. The highest BCUT2D eigenvalue weighted by Crippen LogP contribution is 2.25. The lowest BCUT2D eigenvalue weighted by atomic mass is 9.98. The van der Waals surface area contributed by atoms with E-state index in [-0.39, 0.29) is 17.2 Å². The lowest BCUT2D eigenvalue weighted by molar-refractivity contribution is 0.0423. The molecular weight excluding hydrogens is 383 g/mol. The maximum atomic E-state index is 13.8. The second-order valence-corrected chi connectivity index (χ2v) is 7.74. The highest BCUT2D eigenvalue weighted by Gasteiger charge is 2.32. The van der Waals surface area contributed by atoms with Gasteiger partial charge in [0, 0.05) is 37.5 Å². The topological polar surface area (TPSA) is 80.5 Å². The summed E-state index contributed by atoms with van der Waals surface area (Å²) in [5.74, 6) is -0.258. The molecular formula is C23H21FN4O2. The summed E-state index contributed by atoms with van der Waals surface area (Å²) < 4.78 is 13.8. The molecule has 0 unspecified atom stereocenters. The normalized spacial score (nSPS) is 14.0. The van der Waals surface area contributed by atoms with Crippen molar-refractivity contribution in [1.82, 2.24) is 14.8 Å². The van der Waals surface area contributed by atoms with Crippen molar-refractivity contribution in [2.24, 2.45) is 5.92 Å². The number of likely N-dealkylation sites (tertiary alicyclic amines) is 1. The zero-order valence-corrected chi connectivity index (χ0v) is 16.5. The van der Waals surface area contributed by atoms with Crippen LogP contribution in [0, 0.1) is 23.1 Å². The quantitative estimate of drug-likeness (QED) is 0.707. The minimum atomic E-state index is -0.502. The van der Waals surface area contributed by atoms with E-state index in [1.807, 2.05) is 19.2 Å². The zero-order valence-electron chi connectivity index (χ0n) is 16.5. The number of hydrogen-bond donors (Lipinski definition) is 1. The summed E-state index contributed by atoms with van der Waals surface area (Å²) in [5, 5.41) is 19.6. The van der Waals surface area contributed by atoms with Gasteiger partial charge in [0.05, 0.1) is 5.56 Å². The summed E-state index contributed by atoms with van der Waals surface area (Å²) in [5.41, 5.74) is 1.60. The second-order valence-electron chi connectivity index (χ2n) is 7.74. The van der Waals surface area contributed by atoms with Crippen molar-refractivity contribution in [2.75, 3.05) is 26.7 Å². The molecule has 1 fully saturated rings. The Balaban J connectivity index is 1.32. The van der Waals surface area contributed by atoms with Crippen molar-refractivity contribution >= 4 is 16.8 Å². The summed E-state index contributed by atoms with van der Waals surface area (Å²) in [6, 6.07) is 15.1. The van der Waals surface area contributed by atoms with Gasteiger partial charge in [0.25, 0.3) is 5.91 Å². The molecule has 1 N–H and O–H groups in total. The third-order valence-corrected chi connectivity index (χ3v) is 5.34. The highest BCUT2D eigenvalue weighted by atomic mass is 19.1. The van der Waals surface area contributed by atoms with Crippen LogP contribution in [0.2, 0.25) is 0 Å². The zero-order chi connectivity index (χ0) is 21.3. The molecule has 2 aromatic carbocycles. The number of carbonyl (C=O) groups excluding carboxylic acids is 1. The third kappa shape index (κ3) is 3.95. The Hall–Kier alpha value is -3.50. The van der Waals surface area contributed by atoms with Gasteiger partial charge in [0.2, 0.25) is 0 Å². The Kier molecular flexibility index (Phi) is 5.34. The van der Waals surface area contributed by atoms with Crippen LogP contribution >= 0.6 is 0 Å². The van der Waals surface area contributed by atoms with Crippen molar-refractivity contribution < 1.29 is 14.3 Å². The van der Waals surface area contributed by atoms with E-state index in [2.05, 4.69) is 9.88 Å². The van der Waals surface area contributed by atoms with Gasteiger partial charge in [-0.3, -0.25) is 4.79 Å². The van der Waals surface area contributed by atoms with Gasteiger partial charge in [-0.2, -0.15) is 5.26 Å². The molecule has 2 heterocycles. The first-order valence-corrected chi connectivity index (χ1v) is 9.69. The van der Waals surface area contributed by atoms with Crippen molar-refractivity contribution in [3.05, 3.63) is 71.2 Å². The number of fused-ring (bicyclic) bond motifs is 1. The minimum absolute atomic E-state index is 0.0465. The molecule has 1 aromatic heterocycles. The molecule has 1 amide bonds. The molecule has 0 bridgehead atoms. The molecule has 0 atom stereocenters. The number of aromatic hydroxyl groups is 1. The van der Waals surface area contributed by atoms with Gasteiger partial charge in [-0.25, -0.2) is 9.37 Å². The molecule has 7 heteroatoms. The average molecular weight is 404 g/mol. The Morgan fingerprint density at radius 1 is 1.30 bits per heavy atom. The number of nitrogens with zero attached hydrogens (tertiary/aromatic N) is 4. The SMILES string of the molecule is CN(Cc1ccc(C#N)c(F)c1)CC1CN(C(=O)c2ccc3cccc(O)c3n2)C1. The highest BCUT2D eigenvalue weighted by molar-refractivity contribution is 5.96. The van der Waals surface area contributed by atoms with Crippen molar-refractivity contribution in [3.63, 3.8) is 0 Å². The number of phenolic OH excluding ortho intramolecular Hbond substituents is 1. The summed E-state index contributed by atoms with van der Waals surface area (Å²) in [6.07, 6.45) is 0. The maximum absolute atomic E-state index is 13.8. The number of halogens is 1. The summed E-state index contributed by atoms with van der Waals surface area (Å²) in [6.45, 7) is 2.60. The molecule has 0 spiro atoms. The Morgan fingerprint density at radius 3 is 2.83 bits per heavy atom. The van der Waals surface area contributed by atoms with E-state index >= 15 is 0 Å². The number of pyridine rings is 1. The molecule has 0 radical (unpaired) electrons. The molecule has 152 valence electrons. The monoisotopic (exact) mass is 404 g/mol. The standard InChI is InChI=1S/C23H21FN4O2/c1-27(11-15-5-6-18(10-25)19(24)9-15)12-16-13-28(14-16)23(30)20-8-7-17-3-2-4-21(29)22(17)26-20/h2-9,16,29H,11-14H2,1H3. The van der Waals surface area contributed by atoms with Crippen molar-refractivity contribution in [2.45, 2.75) is 6.54 Å². The van der Waals surface area contributed by atoms with Crippen LogP contribution in [0.15, 0.2) is 48.5 Å². The van der Waals surface area contributed by atoms with Crippen LogP contribution in [0.4, 0.5) is 4.39 Å². The number of para-hydroxylation sites is 1. The fraction of sp³-hybridized carbons (Fsp3) is 0.261. The first-order chi connectivity index (χ1) is 14.4. The summed E-state index contributed by atoms with van der Waals surface area (Å²) >= 11 is 0. The van der Waals surface area contributed by atoms with E-state index < -0.39 is 5.82 Å². The van der Waals surface area contributed by atoms with Gasteiger partial charge >= 0.3 is 0 Å². The smallest absolute Gasteiger partial charge is 0.272 e. The fourth-order valence-corrected chi connectivity index (χ4v) is 3.83. The van der Waals surface area contributed by atoms with Gasteiger partial charge < -0.3 is 14.9 Å². The van der Waals surface area contributed by atoms with Crippen LogP contribution in [-0.4, -0.2) is 52.5 Å². The molecule has 1 aliphatic heterocycles. The van der Waals surface area contributed by atoms with Gasteiger partial charge in [-0.15, -0.1) is 0 Å². The number of carbonyl (C=O) groups is 1. The van der Waals surface area contributed by atoms with Crippen LogP contribution in [0.3, 0.4) is 0 Å². The van der Waals surface area contributed by atoms with E-state index in [0.29, 0.717) is 36.8 Å². The van der Waals surface area contributed by atoms with Gasteiger partial charge in [-0.1, -0.05) is 24.3 Å². The second kappa shape index (κ2) is 8.09. The number of aromatic nitrogens is 1. The number of amides is 1. The molecule has 1 aliphatic rings. The van der Waals surface area contributed by atoms with Gasteiger partial charge in [-0.05, 0) is 36.9 Å². The van der Waals surface area contributed by atoms with E-state index in [1.165, 1.54) is 12.1 Å². The molecule has 30 heavy (non-hydrogen) atoms. The largest absolute Gasteiger partial charge is 0.506 e. The van der Waals surface area contributed by atoms with Crippen LogP contribution in [0.1, 0.15) is 21.6 Å². The molecule has 0 aliphatic carbocycles. The number of rotatable bonds is 5. The molecule has 1 saturated heterocycles. The lowest BCUT2D eigenvalue weighted by Gasteiger charge is -2.40. The third-order valence-electron chi connectivity index (χ3n) is 5.34. The first-order valence-electron chi connectivity index (χ1n) is 9.69. The lowest BCUT2D eigenvalue weighted by Crippen LogP contribution is -2.53. The molecule has 6 nitrogen and oxygen atoms in total. The van der Waals surface area contributed by atoms with Gasteiger partial charge in [0.1, 0.15) is 28.8 Å². The number of benzene rings is 2. The van der Waals surface area contributed by atoms with Crippen LogP contribution < -0.4 is 0 Å². The number of nitriles is 1. The maximum Gasteiger partial charge on any atom is 0.272 e. The Morgan fingerprint density at radius 2 is 2.10 bits per heavy atom. The van der Waals surface area contributed by atoms with Crippen LogP contribution in [0.5, 0.6) is 5.75 Å². The summed E-state index contributed by atoms with van der Waals surface area (Å²) in [4.78, 5) is 20.9. The van der Waals surface area contributed by atoms with Crippen LogP contribution in [-0.2, 0) is 6.54 Å². The Bertz CT molecular complexity index is 1150. The predicted octanol–water partition coefficient (Wildman–Crippen LogP) is 3.16. The minimum Gasteiger partial charge on any atom is -0.506 e. The van der Waals surface area contributed by atoms with E-state index in [9.17, 15) is 14.3 Å². The number of hydrogen-bond acceptors (Lipinski definition) is 5. The fourth-order valence-electron chi connectivity index (χ4n) is 3.83.